The first-order valence-electron chi connectivity index (χ1n) is 12.0. The van der Waals surface area contributed by atoms with Gasteiger partial charge in [-0.1, -0.05) is 41.4 Å². The summed E-state index contributed by atoms with van der Waals surface area (Å²) in [6.45, 7) is 5.10. The van der Waals surface area contributed by atoms with Crippen molar-refractivity contribution in [1.29, 1.82) is 0 Å². The molecule has 2 heterocycles. The summed E-state index contributed by atoms with van der Waals surface area (Å²) >= 11 is 13.2. The zero-order chi connectivity index (χ0) is 28.2. The third-order valence-electron chi connectivity index (χ3n) is 5.77. The van der Waals surface area contributed by atoms with Gasteiger partial charge >= 0.3 is 5.97 Å². The van der Waals surface area contributed by atoms with Crippen molar-refractivity contribution < 1.29 is 28.6 Å². The van der Waals surface area contributed by atoms with Gasteiger partial charge in [-0.05, 0) is 57.2 Å². The van der Waals surface area contributed by atoms with E-state index in [4.69, 9.17) is 37.1 Å². The lowest BCUT2D eigenvalue weighted by Crippen LogP contribution is -2.38. The summed E-state index contributed by atoms with van der Waals surface area (Å²) in [6.07, 6.45) is 0.510. The first kappa shape index (κ1) is 28.5. The molecule has 0 saturated heterocycles. The van der Waals surface area contributed by atoms with Crippen molar-refractivity contribution in [1.82, 2.24) is 10.3 Å². The van der Waals surface area contributed by atoms with Crippen molar-refractivity contribution in [3.8, 4) is 23.0 Å². The standard InChI is InChI=1S/C28H26Cl2N2O6S/c1-16-21(32-26(37-16)17-7-5-4-6-8-17)11-12-36-19-9-10-22(38-28(2,3)27(34)35)18(13-19)15-31-25(33)20-14-23(29)39-24(20)30/h4-10,13-14H,11-12,15H2,1-3H3,(H,31,33)(H,34,35). The van der Waals surface area contributed by atoms with Gasteiger partial charge in [0.2, 0.25) is 5.89 Å². The molecule has 0 unspecified atom stereocenters. The third-order valence-corrected chi connectivity index (χ3v) is 7.26. The summed E-state index contributed by atoms with van der Waals surface area (Å²) in [5.41, 5.74) is 0.967. The summed E-state index contributed by atoms with van der Waals surface area (Å²) in [6, 6.07) is 16.1. The van der Waals surface area contributed by atoms with E-state index in [9.17, 15) is 14.7 Å². The van der Waals surface area contributed by atoms with Crippen LogP contribution in [0.1, 0.15) is 41.2 Å². The van der Waals surface area contributed by atoms with E-state index in [1.807, 2.05) is 37.3 Å². The molecule has 0 fully saturated rings. The highest BCUT2D eigenvalue weighted by atomic mass is 35.5. The number of hydrogen-bond donors (Lipinski definition) is 2. The minimum atomic E-state index is -1.49. The van der Waals surface area contributed by atoms with Gasteiger partial charge in [-0.2, -0.15) is 0 Å². The molecule has 2 N–H and O–H groups in total. The van der Waals surface area contributed by atoms with Crippen LogP contribution in [-0.4, -0.2) is 34.2 Å². The molecule has 204 valence electrons. The number of carbonyl (C=O) groups excluding carboxylic acids is 1. The molecule has 0 aliphatic carbocycles. The van der Waals surface area contributed by atoms with Gasteiger partial charge in [0, 0.05) is 24.1 Å². The van der Waals surface area contributed by atoms with Crippen LogP contribution in [0.25, 0.3) is 11.5 Å². The Bertz CT molecular complexity index is 1480. The van der Waals surface area contributed by atoms with Crippen molar-refractivity contribution in [2.45, 2.75) is 39.3 Å². The van der Waals surface area contributed by atoms with E-state index >= 15 is 0 Å². The SMILES string of the molecule is Cc1oc(-c2ccccc2)nc1CCOc1ccc(OC(C)(C)C(=O)O)c(CNC(=O)c2cc(Cl)sc2Cl)c1. The normalized spacial score (nSPS) is 11.3. The molecule has 4 aromatic rings. The Balaban J connectivity index is 1.47. The molecule has 1 amide bonds. The Hall–Kier alpha value is -3.53. The molecule has 4 rings (SSSR count). The number of halogens is 2. The number of nitrogens with zero attached hydrogens (tertiary/aromatic N) is 1. The summed E-state index contributed by atoms with van der Waals surface area (Å²) in [4.78, 5) is 28.9. The van der Waals surface area contributed by atoms with Crippen LogP contribution in [0.5, 0.6) is 11.5 Å². The highest BCUT2D eigenvalue weighted by Gasteiger charge is 2.30. The number of hydrogen-bond acceptors (Lipinski definition) is 7. The summed E-state index contributed by atoms with van der Waals surface area (Å²) in [7, 11) is 0. The van der Waals surface area contributed by atoms with Crippen molar-refractivity contribution in [3.05, 3.63) is 85.9 Å². The fourth-order valence-corrected chi connectivity index (χ4v) is 5.06. The smallest absolute Gasteiger partial charge is 0.347 e. The van der Waals surface area contributed by atoms with Gasteiger partial charge in [0.15, 0.2) is 5.60 Å². The monoisotopic (exact) mass is 588 g/mol. The van der Waals surface area contributed by atoms with Gasteiger partial charge in [-0.15, -0.1) is 11.3 Å². The number of aromatic nitrogens is 1. The molecule has 0 radical (unpaired) electrons. The largest absolute Gasteiger partial charge is 0.493 e. The lowest BCUT2D eigenvalue weighted by atomic mass is 10.1. The number of benzene rings is 2. The van der Waals surface area contributed by atoms with E-state index in [1.54, 1.807) is 18.2 Å². The first-order valence-corrected chi connectivity index (χ1v) is 13.5. The van der Waals surface area contributed by atoms with Crippen LogP contribution in [0.15, 0.2) is 59.0 Å². The maximum Gasteiger partial charge on any atom is 0.347 e. The van der Waals surface area contributed by atoms with Crippen LogP contribution in [0.3, 0.4) is 0 Å². The quantitative estimate of drug-likeness (QED) is 0.198. The number of rotatable bonds is 11. The van der Waals surface area contributed by atoms with Gasteiger partial charge in [0.1, 0.15) is 21.6 Å². The zero-order valence-corrected chi connectivity index (χ0v) is 23.7. The molecular formula is C28H26Cl2N2O6S. The van der Waals surface area contributed by atoms with Crippen molar-refractivity contribution >= 4 is 46.4 Å². The topological polar surface area (TPSA) is 111 Å². The van der Waals surface area contributed by atoms with Crippen LogP contribution in [0.4, 0.5) is 0 Å². The predicted molar refractivity (Wildman–Crippen MR) is 150 cm³/mol. The maximum atomic E-state index is 12.7. The Morgan fingerprint density at radius 3 is 2.54 bits per heavy atom. The maximum absolute atomic E-state index is 12.7. The van der Waals surface area contributed by atoms with Gasteiger partial charge in [-0.25, -0.2) is 9.78 Å². The van der Waals surface area contributed by atoms with E-state index in [1.165, 1.54) is 19.9 Å². The number of ether oxygens (including phenoxy) is 2. The Kier molecular flexibility index (Phi) is 8.84. The molecule has 0 saturated carbocycles. The molecule has 39 heavy (non-hydrogen) atoms. The molecule has 2 aromatic heterocycles. The number of nitrogens with one attached hydrogen (secondary N) is 1. The van der Waals surface area contributed by atoms with Gasteiger partial charge in [0.25, 0.3) is 5.91 Å². The highest BCUT2D eigenvalue weighted by molar-refractivity contribution is 7.20. The molecule has 0 aliphatic rings. The molecule has 2 aromatic carbocycles. The van der Waals surface area contributed by atoms with Gasteiger partial charge < -0.3 is 24.3 Å². The van der Waals surface area contributed by atoms with Crippen molar-refractivity contribution in [2.24, 2.45) is 0 Å². The van der Waals surface area contributed by atoms with Crippen molar-refractivity contribution in [2.75, 3.05) is 6.61 Å². The zero-order valence-electron chi connectivity index (χ0n) is 21.4. The number of oxazole rings is 1. The first-order chi connectivity index (χ1) is 18.5. The molecule has 0 spiro atoms. The van der Waals surface area contributed by atoms with E-state index in [0.29, 0.717) is 46.1 Å². The minimum Gasteiger partial charge on any atom is -0.493 e. The van der Waals surface area contributed by atoms with E-state index in [0.717, 1.165) is 22.6 Å². The molecule has 0 aliphatic heterocycles. The molecule has 11 heteroatoms. The third kappa shape index (κ3) is 7.11. The van der Waals surface area contributed by atoms with E-state index in [-0.39, 0.29) is 16.4 Å². The second-order valence-corrected chi connectivity index (χ2v) is 11.4. The Morgan fingerprint density at radius 1 is 1.13 bits per heavy atom. The fourth-order valence-electron chi connectivity index (χ4n) is 3.60. The number of aryl methyl sites for hydroxylation is 1. The van der Waals surface area contributed by atoms with Crippen LogP contribution in [-0.2, 0) is 17.8 Å². The number of carbonyl (C=O) groups is 2. The number of thiophene rings is 1. The number of amides is 1. The van der Waals surface area contributed by atoms with Crippen LogP contribution >= 0.6 is 34.5 Å². The lowest BCUT2D eigenvalue weighted by molar-refractivity contribution is -0.152. The average Bonchev–Trinajstić information content (AvgIpc) is 3.44. The lowest BCUT2D eigenvalue weighted by Gasteiger charge is -2.24. The Morgan fingerprint density at radius 2 is 1.87 bits per heavy atom. The average molecular weight is 589 g/mol. The molecule has 0 atom stereocenters. The number of aliphatic carboxylic acids is 1. The van der Waals surface area contributed by atoms with Crippen LogP contribution < -0.4 is 14.8 Å². The second kappa shape index (κ2) is 12.1. The Labute approximate surface area is 239 Å². The van der Waals surface area contributed by atoms with Crippen molar-refractivity contribution in [3.63, 3.8) is 0 Å². The van der Waals surface area contributed by atoms with Crippen LogP contribution in [0.2, 0.25) is 8.67 Å². The second-order valence-electron chi connectivity index (χ2n) is 9.09. The predicted octanol–water partition coefficient (Wildman–Crippen LogP) is 6.81. The van der Waals surface area contributed by atoms with Gasteiger partial charge in [-0.3, -0.25) is 4.79 Å². The van der Waals surface area contributed by atoms with Crippen LogP contribution in [0, 0.1) is 6.92 Å². The number of carboxylic acid groups (broad SMARTS) is 1. The summed E-state index contributed by atoms with van der Waals surface area (Å²) < 4.78 is 18.2. The van der Waals surface area contributed by atoms with Gasteiger partial charge in [0.05, 0.1) is 22.2 Å². The molecule has 0 bridgehead atoms. The summed E-state index contributed by atoms with van der Waals surface area (Å²) in [5.74, 6) is 0.525. The molecule has 8 nitrogen and oxygen atoms in total. The van der Waals surface area contributed by atoms with E-state index in [2.05, 4.69) is 10.3 Å². The summed E-state index contributed by atoms with van der Waals surface area (Å²) in [5, 5.41) is 12.3. The number of carboxylic acids is 1. The van der Waals surface area contributed by atoms with E-state index < -0.39 is 17.5 Å². The minimum absolute atomic E-state index is 0.0354. The molecular weight excluding hydrogens is 563 g/mol. The highest BCUT2D eigenvalue weighted by Crippen LogP contribution is 2.32. The fraction of sp³-hybridized carbons (Fsp3) is 0.250.